The van der Waals surface area contributed by atoms with Crippen molar-refractivity contribution in [1.29, 1.82) is 0 Å². The van der Waals surface area contributed by atoms with Crippen LogP contribution in [0.15, 0.2) is 0 Å². The zero-order valence-electron chi connectivity index (χ0n) is 10.3. The van der Waals surface area contributed by atoms with Gasteiger partial charge in [0.1, 0.15) is 0 Å². The fourth-order valence-electron chi connectivity index (χ4n) is 2.28. The number of piperidine rings is 1. The molecule has 0 unspecified atom stereocenters. The molecule has 3 heteroatoms. The molecule has 1 saturated heterocycles. The zero-order valence-corrected chi connectivity index (χ0v) is 11.1. The van der Waals surface area contributed by atoms with Gasteiger partial charge in [0.15, 0.2) is 0 Å². The lowest BCUT2D eigenvalue weighted by atomic mass is 9.97. The fourth-order valence-corrected chi connectivity index (χ4v) is 2.78. The summed E-state index contributed by atoms with van der Waals surface area (Å²) in [5, 5.41) is 3.29. The Morgan fingerprint density at radius 1 is 1.27 bits per heavy atom. The van der Waals surface area contributed by atoms with Crippen LogP contribution < -0.4 is 5.32 Å². The molecule has 0 atom stereocenters. The van der Waals surface area contributed by atoms with E-state index >= 15 is 0 Å². The summed E-state index contributed by atoms with van der Waals surface area (Å²) in [5.74, 6) is 2.26. The van der Waals surface area contributed by atoms with Crippen LogP contribution in [-0.4, -0.2) is 50.1 Å². The smallest absolute Gasteiger partial charge is 0.00156 e. The van der Waals surface area contributed by atoms with Crippen molar-refractivity contribution >= 4 is 11.8 Å². The van der Waals surface area contributed by atoms with E-state index in [2.05, 4.69) is 23.5 Å². The number of thioether (sulfide) groups is 1. The first-order valence-corrected chi connectivity index (χ1v) is 7.62. The molecule has 90 valence electrons. The second-order valence-electron chi connectivity index (χ2n) is 4.54. The molecule has 0 spiro atoms. The maximum atomic E-state index is 3.29. The summed E-state index contributed by atoms with van der Waals surface area (Å²) in [6.07, 6.45) is 7.76. The van der Waals surface area contributed by atoms with E-state index in [0.29, 0.717) is 0 Å². The highest BCUT2D eigenvalue weighted by atomic mass is 32.2. The second-order valence-corrected chi connectivity index (χ2v) is 5.53. The molecule has 1 aliphatic heterocycles. The SMILES string of the molecule is CNCC1CCN(CCCCSC)CC1. The number of nitrogens with one attached hydrogen (secondary N) is 1. The Balaban J connectivity index is 1.99. The molecule has 0 radical (unpaired) electrons. The van der Waals surface area contributed by atoms with Crippen LogP contribution in [0.3, 0.4) is 0 Å². The molecule has 1 fully saturated rings. The fraction of sp³-hybridized carbons (Fsp3) is 1.00. The van der Waals surface area contributed by atoms with E-state index in [1.165, 1.54) is 57.6 Å². The van der Waals surface area contributed by atoms with Crippen LogP contribution in [0, 0.1) is 5.92 Å². The van der Waals surface area contributed by atoms with Crippen LogP contribution >= 0.6 is 11.8 Å². The summed E-state index contributed by atoms with van der Waals surface area (Å²) in [5.41, 5.74) is 0. The summed E-state index contributed by atoms with van der Waals surface area (Å²) < 4.78 is 0. The number of rotatable bonds is 7. The zero-order chi connectivity index (χ0) is 10.9. The number of hydrogen-bond donors (Lipinski definition) is 1. The summed E-state index contributed by atoms with van der Waals surface area (Å²) >= 11 is 1.97. The maximum Gasteiger partial charge on any atom is -0.00156 e. The molecule has 0 aromatic carbocycles. The summed E-state index contributed by atoms with van der Waals surface area (Å²) in [6.45, 7) is 5.18. The Labute approximate surface area is 99.2 Å². The third-order valence-corrected chi connectivity index (χ3v) is 3.97. The molecule has 1 rings (SSSR count). The Morgan fingerprint density at radius 3 is 2.60 bits per heavy atom. The molecule has 0 aliphatic carbocycles. The van der Waals surface area contributed by atoms with Crippen LogP contribution in [0.25, 0.3) is 0 Å². The van der Waals surface area contributed by atoms with E-state index in [0.717, 1.165) is 5.92 Å². The first-order valence-electron chi connectivity index (χ1n) is 6.22. The summed E-state index contributed by atoms with van der Waals surface area (Å²) in [7, 11) is 2.06. The van der Waals surface area contributed by atoms with Crippen molar-refractivity contribution in [3.05, 3.63) is 0 Å². The topological polar surface area (TPSA) is 15.3 Å². The Kier molecular flexibility index (Phi) is 7.49. The number of unbranched alkanes of at least 4 members (excludes halogenated alkanes) is 1. The molecule has 1 aliphatic rings. The highest BCUT2D eigenvalue weighted by molar-refractivity contribution is 7.98. The minimum absolute atomic E-state index is 0.928. The number of likely N-dealkylation sites (tertiary alicyclic amines) is 1. The monoisotopic (exact) mass is 230 g/mol. The number of hydrogen-bond acceptors (Lipinski definition) is 3. The lowest BCUT2D eigenvalue weighted by Gasteiger charge is -2.31. The van der Waals surface area contributed by atoms with Gasteiger partial charge in [0.2, 0.25) is 0 Å². The third kappa shape index (κ3) is 5.79. The van der Waals surface area contributed by atoms with E-state index < -0.39 is 0 Å². The Morgan fingerprint density at radius 2 is 2.00 bits per heavy atom. The minimum Gasteiger partial charge on any atom is -0.319 e. The van der Waals surface area contributed by atoms with Crippen molar-refractivity contribution < 1.29 is 0 Å². The molecule has 0 bridgehead atoms. The van der Waals surface area contributed by atoms with E-state index in [9.17, 15) is 0 Å². The molecule has 0 aromatic rings. The van der Waals surface area contributed by atoms with E-state index in [-0.39, 0.29) is 0 Å². The van der Waals surface area contributed by atoms with E-state index in [1.807, 2.05) is 11.8 Å². The lowest BCUT2D eigenvalue weighted by molar-refractivity contribution is 0.182. The average molecular weight is 230 g/mol. The van der Waals surface area contributed by atoms with E-state index in [4.69, 9.17) is 0 Å². The Bertz CT molecular complexity index is 142. The van der Waals surface area contributed by atoms with Crippen LogP contribution in [-0.2, 0) is 0 Å². The van der Waals surface area contributed by atoms with Gasteiger partial charge in [0.25, 0.3) is 0 Å². The van der Waals surface area contributed by atoms with Crippen molar-refractivity contribution in [2.45, 2.75) is 25.7 Å². The van der Waals surface area contributed by atoms with Crippen molar-refractivity contribution in [1.82, 2.24) is 10.2 Å². The van der Waals surface area contributed by atoms with Gasteiger partial charge >= 0.3 is 0 Å². The molecular formula is C12H26N2S. The van der Waals surface area contributed by atoms with Crippen molar-refractivity contribution in [2.75, 3.05) is 45.2 Å². The van der Waals surface area contributed by atoms with Gasteiger partial charge in [-0.3, -0.25) is 0 Å². The van der Waals surface area contributed by atoms with E-state index in [1.54, 1.807) is 0 Å². The molecule has 15 heavy (non-hydrogen) atoms. The van der Waals surface area contributed by atoms with Crippen LogP contribution in [0.4, 0.5) is 0 Å². The van der Waals surface area contributed by atoms with Gasteiger partial charge in [-0.15, -0.1) is 0 Å². The molecule has 0 aromatic heterocycles. The Hall–Kier alpha value is 0.270. The van der Waals surface area contributed by atoms with Crippen LogP contribution in [0.2, 0.25) is 0 Å². The van der Waals surface area contributed by atoms with Gasteiger partial charge in [-0.25, -0.2) is 0 Å². The summed E-state index contributed by atoms with van der Waals surface area (Å²) in [4.78, 5) is 2.65. The predicted molar refractivity (Wildman–Crippen MR) is 70.7 cm³/mol. The first-order chi connectivity index (χ1) is 7.36. The number of nitrogens with zero attached hydrogens (tertiary/aromatic N) is 1. The van der Waals surface area contributed by atoms with Gasteiger partial charge < -0.3 is 10.2 Å². The summed E-state index contributed by atoms with van der Waals surface area (Å²) in [6, 6.07) is 0. The molecule has 0 amide bonds. The molecule has 2 nitrogen and oxygen atoms in total. The third-order valence-electron chi connectivity index (χ3n) is 3.27. The predicted octanol–water partition coefficient (Wildman–Crippen LogP) is 2.06. The highest BCUT2D eigenvalue weighted by Crippen LogP contribution is 2.16. The second kappa shape index (κ2) is 8.43. The largest absolute Gasteiger partial charge is 0.319 e. The van der Waals surface area contributed by atoms with Crippen molar-refractivity contribution in [3.8, 4) is 0 Å². The van der Waals surface area contributed by atoms with Gasteiger partial charge in [0, 0.05) is 0 Å². The van der Waals surface area contributed by atoms with Crippen LogP contribution in [0.1, 0.15) is 25.7 Å². The standard InChI is InChI=1S/C12H26N2S/c1-13-11-12-5-8-14(9-6-12)7-3-4-10-15-2/h12-13H,3-11H2,1-2H3. The molecule has 1 N–H and O–H groups in total. The van der Waals surface area contributed by atoms with Crippen molar-refractivity contribution in [2.24, 2.45) is 5.92 Å². The molecular weight excluding hydrogens is 204 g/mol. The lowest BCUT2D eigenvalue weighted by Crippen LogP contribution is -2.37. The van der Waals surface area contributed by atoms with Gasteiger partial charge in [-0.05, 0) is 76.8 Å². The maximum absolute atomic E-state index is 3.29. The normalized spacial score (nSPS) is 19.6. The highest BCUT2D eigenvalue weighted by Gasteiger charge is 2.17. The minimum atomic E-state index is 0.928. The quantitative estimate of drug-likeness (QED) is 0.674. The molecule has 1 heterocycles. The first kappa shape index (κ1) is 13.3. The van der Waals surface area contributed by atoms with Crippen molar-refractivity contribution in [3.63, 3.8) is 0 Å². The van der Waals surface area contributed by atoms with Gasteiger partial charge in [-0.2, -0.15) is 11.8 Å². The average Bonchev–Trinajstić information content (AvgIpc) is 2.27. The van der Waals surface area contributed by atoms with Gasteiger partial charge in [-0.1, -0.05) is 0 Å². The van der Waals surface area contributed by atoms with Gasteiger partial charge in [0.05, 0.1) is 0 Å². The molecule has 0 saturated carbocycles. The van der Waals surface area contributed by atoms with Crippen LogP contribution in [0.5, 0.6) is 0 Å².